The van der Waals surface area contributed by atoms with E-state index >= 15 is 0 Å². The molecule has 1 aromatic carbocycles. The largest absolute Gasteiger partial charge is 0.497 e. The minimum absolute atomic E-state index is 0.288. The van der Waals surface area contributed by atoms with Crippen molar-refractivity contribution >= 4 is 5.69 Å². The van der Waals surface area contributed by atoms with Crippen LogP contribution in [0.15, 0.2) is 24.3 Å². The van der Waals surface area contributed by atoms with Crippen LogP contribution in [0.2, 0.25) is 0 Å². The average molecular weight is 206 g/mol. The summed E-state index contributed by atoms with van der Waals surface area (Å²) in [5, 5.41) is 3.46. The van der Waals surface area contributed by atoms with Crippen LogP contribution in [0.1, 0.15) is 19.3 Å². The van der Waals surface area contributed by atoms with E-state index in [4.69, 9.17) is 10.5 Å². The number of methoxy groups -OCH3 is 1. The van der Waals surface area contributed by atoms with Crippen molar-refractivity contribution in [2.45, 2.75) is 31.3 Å². The molecule has 0 aliphatic heterocycles. The summed E-state index contributed by atoms with van der Waals surface area (Å²) >= 11 is 0. The van der Waals surface area contributed by atoms with E-state index in [-0.39, 0.29) is 6.04 Å². The van der Waals surface area contributed by atoms with Crippen molar-refractivity contribution in [3.8, 4) is 5.75 Å². The molecular formula is C12H18N2O. The van der Waals surface area contributed by atoms with E-state index in [1.807, 2.05) is 24.3 Å². The summed E-state index contributed by atoms with van der Waals surface area (Å²) in [6.07, 6.45) is 3.52. The average Bonchev–Trinajstić information content (AvgIpc) is 2.65. The van der Waals surface area contributed by atoms with Gasteiger partial charge >= 0.3 is 0 Å². The number of hydrogen-bond donors (Lipinski definition) is 2. The molecule has 2 atom stereocenters. The third-order valence-electron chi connectivity index (χ3n) is 2.99. The molecule has 15 heavy (non-hydrogen) atoms. The molecule has 0 radical (unpaired) electrons. The van der Waals surface area contributed by atoms with Gasteiger partial charge < -0.3 is 15.8 Å². The Labute approximate surface area is 90.6 Å². The lowest BCUT2D eigenvalue weighted by Crippen LogP contribution is -2.35. The standard InChI is InChI=1S/C12H18N2O/c1-15-10-5-2-4-9(8-10)14-12-7-3-6-11(12)13/h2,4-5,8,11-12,14H,3,6-7,13H2,1H3. The monoisotopic (exact) mass is 206 g/mol. The van der Waals surface area contributed by atoms with Gasteiger partial charge in [0.25, 0.3) is 0 Å². The van der Waals surface area contributed by atoms with Gasteiger partial charge in [-0.2, -0.15) is 0 Å². The molecule has 1 aliphatic rings. The van der Waals surface area contributed by atoms with Gasteiger partial charge in [-0.1, -0.05) is 6.07 Å². The molecule has 1 saturated carbocycles. The van der Waals surface area contributed by atoms with E-state index in [0.29, 0.717) is 6.04 Å². The Kier molecular flexibility index (Phi) is 3.11. The highest BCUT2D eigenvalue weighted by Gasteiger charge is 2.23. The molecule has 82 valence electrons. The first-order valence-electron chi connectivity index (χ1n) is 5.46. The van der Waals surface area contributed by atoms with Crippen LogP contribution < -0.4 is 15.8 Å². The molecule has 3 heteroatoms. The van der Waals surface area contributed by atoms with Crippen LogP contribution in [0.4, 0.5) is 5.69 Å². The van der Waals surface area contributed by atoms with E-state index in [1.54, 1.807) is 7.11 Å². The lowest BCUT2D eigenvalue weighted by Gasteiger charge is -2.18. The van der Waals surface area contributed by atoms with Gasteiger partial charge in [-0.3, -0.25) is 0 Å². The number of hydrogen-bond acceptors (Lipinski definition) is 3. The van der Waals surface area contributed by atoms with Crippen LogP contribution in [-0.4, -0.2) is 19.2 Å². The zero-order chi connectivity index (χ0) is 10.7. The van der Waals surface area contributed by atoms with Crippen LogP contribution in [0, 0.1) is 0 Å². The fourth-order valence-corrected chi connectivity index (χ4v) is 2.09. The molecule has 3 N–H and O–H groups in total. The Balaban J connectivity index is 2.03. The fraction of sp³-hybridized carbons (Fsp3) is 0.500. The summed E-state index contributed by atoms with van der Waals surface area (Å²) in [6.45, 7) is 0. The highest BCUT2D eigenvalue weighted by molar-refractivity contribution is 5.49. The van der Waals surface area contributed by atoms with Gasteiger partial charge in [0, 0.05) is 23.8 Å². The van der Waals surface area contributed by atoms with Crippen LogP contribution in [0.5, 0.6) is 5.75 Å². The third kappa shape index (κ3) is 2.42. The van der Waals surface area contributed by atoms with Crippen LogP contribution in [-0.2, 0) is 0 Å². The van der Waals surface area contributed by atoms with Gasteiger partial charge in [-0.25, -0.2) is 0 Å². The quantitative estimate of drug-likeness (QED) is 0.795. The molecule has 1 fully saturated rings. The minimum Gasteiger partial charge on any atom is -0.497 e. The van der Waals surface area contributed by atoms with Crippen molar-refractivity contribution < 1.29 is 4.74 Å². The number of anilines is 1. The van der Waals surface area contributed by atoms with Crippen molar-refractivity contribution in [3.63, 3.8) is 0 Å². The number of rotatable bonds is 3. The van der Waals surface area contributed by atoms with E-state index in [1.165, 1.54) is 12.8 Å². The first-order valence-corrected chi connectivity index (χ1v) is 5.46. The Bertz CT molecular complexity index is 327. The molecule has 0 aromatic heterocycles. The van der Waals surface area contributed by atoms with Crippen molar-refractivity contribution in [1.82, 2.24) is 0 Å². The molecule has 2 rings (SSSR count). The predicted molar refractivity (Wildman–Crippen MR) is 62.2 cm³/mol. The minimum atomic E-state index is 0.288. The topological polar surface area (TPSA) is 47.3 Å². The molecule has 1 aromatic rings. The van der Waals surface area contributed by atoms with E-state index < -0.39 is 0 Å². The first-order chi connectivity index (χ1) is 7.29. The third-order valence-corrected chi connectivity index (χ3v) is 2.99. The lowest BCUT2D eigenvalue weighted by atomic mass is 10.1. The Morgan fingerprint density at radius 2 is 2.27 bits per heavy atom. The molecule has 0 spiro atoms. The Morgan fingerprint density at radius 1 is 1.40 bits per heavy atom. The normalized spacial score (nSPS) is 25.2. The van der Waals surface area contributed by atoms with Crippen molar-refractivity contribution in [2.75, 3.05) is 12.4 Å². The van der Waals surface area contributed by atoms with Crippen molar-refractivity contribution in [1.29, 1.82) is 0 Å². The molecule has 0 amide bonds. The highest BCUT2D eigenvalue weighted by Crippen LogP contribution is 2.23. The molecule has 3 nitrogen and oxygen atoms in total. The summed E-state index contributed by atoms with van der Waals surface area (Å²) in [6, 6.07) is 8.69. The zero-order valence-electron chi connectivity index (χ0n) is 9.07. The highest BCUT2D eigenvalue weighted by atomic mass is 16.5. The Hall–Kier alpha value is -1.22. The van der Waals surface area contributed by atoms with Gasteiger partial charge in [0.05, 0.1) is 7.11 Å². The summed E-state index contributed by atoms with van der Waals surface area (Å²) in [4.78, 5) is 0. The van der Waals surface area contributed by atoms with Gasteiger partial charge in [0.15, 0.2) is 0 Å². The summed E-state index contributed by atoms with van der Waals surface area (Å²) in [5.74, 6) is 0.881. The van der Waals surface area contributed by atoms with Crippen LogP contribution in [0.25, 0.3) is 0 Å². The smallest absolute Gasteiger partial charge is 0.120 e. The van der Waals surface area contributed by atoms with E-state index in [0.717, 1.165) is 17.9 Å². The maximum Gasteiger partial charge on any atom is 0.120 e. The molecule has 0 saturated heterocycles. The lowest BCUT2D eigenvalue weighted by molar-refractivity contribution is 0.415. The maximum absolute atomic E-state index is 6.00. The summed E-state index contributed by atoms with van der Waals surface area (Å²) in [7, 11) is 1.68. The zero-order valence-corrected chi connectivity index (χ0v) is 9.07. The predicted octanol–water partition coefficient (Wildman–Crippen LogP) is 1.99. The number of ether oxygens (including phenoxy) is 1. The summed E-state index contributed by atoms with van der Waals surface area (Å²) < 4.78 is 5.17. The number of nitrogens with two attached hydrogens (primary N) is 1. The molecule has 0 heterocycles. The van der Waals surface area contributed by atoms with E-state index in [2.05, 4.69) is 5.32 Å². The van der Waals surface area contributed by atoms with Gasteiger partial charge in [-0.15, -0.1) is 0 Å². The second kappa shape index (κ2) is 4.53. The Morgan fingerprint density at radius 3 is 2.93 bits per heavy atom. The fourth-order valence-electron chi connectivity index (χ4n) is 2.09. The maximum atomic E-state index is 6.00. The molecule has 1 aliphatic carbocycles. The first kappa shape index (κ1) is 10.3. The van der Waals surface area contributed by atoms with Crippen molar-refractivity contribution in [2.24, 2.45) is 5.73 Å². The van der Waals surface area contributed by atoms with Crippen LogP contribution in [0.3, 0.4) is 0 Å². The second-order valence-electron chi connectivity index (χ2n) is 4.08. The molecule has 0 bridgehead atoms. The number of nitrogens with one attached hydrogen (secondary N) is 1. The van der Waals surface area contributed by atoms with Gasteiger partial charge in [0.2, 0.25) is 0 Å². The van der Waals surface area contributed by atoms with Gasteiger partial charge in [0.1, 0.15) is 5.75 Å². The van der Waals surface area contributed by atoms with E-state index in [9.17, 15) is 0 Å². The van der Waals surface area contributed by atoms with Crippen LogP contribution >= 0.6 is 0 Å². The van der Waals surface area contributed by atoms with Gasteiger partial charge in [-0.05, 0) is 31.4 Å². The number of benzene rings is 1. The molecular weight excluding hydrogens is 188 g/mol. The van der Waals surface area contributed by atoms with Crippen molar-refractivity contribution in [3.05, 3.63) is 24.3 Å². The SMILES string of the molecule is COc1cccc(NC2CCCC2N)c1. The second-order valence-corrected chi connectivity index (χ2v) is 4.08. The summed E-state index contributed by atoms with van der Waals surface area (Å²) in [5.41, 5.74) is 7.10. The molecule has 2 unspecified atom stereocenters.